The zero-order chi connectivity index (χ0) is 25.1. The molecule has 2 N–H and O–H groups in total. The molecule has 0 bridgehead atoms. The van der Waals surface area contributed by atoms with Crippen LogP contribution in [0.1, 0.15) is 38.9 Å². The van der Waals surface area contributed by atoms with E-state index in [-0.39, 0.29) is 11.9 Å². The fourth-order valence-corrected chi connectivity index (χ4v) is 5.23. The van der Waals surface area contributed by atoms with Crippen LogP contribution in [-0.4, -0.2) is 30.8 Å². The normalized spacial score (nSPS) is 14.1. The highest BCUT2D eigenvalue weighted by Crippen LogP contribution is 2.47. The lowest BCUT2D eigenvalue weighted by Gasteiger charge is -2.17. The third-order valence-electron chi connectivity index (χ3n) is 7.11. The van der Waals surface area contributed by atoms with Gasteiger partial charge in [-0.25, -0.2) is 15.0 Å². The number of nitrogens with zero attached hydrogens (tertiary/aromatic N) is 4. The Kier molecular flexibility index (Phi) is 4.66. The maximum atomic E-state index is 13.7. The van der Waals surface area contributed by atoms with Gasteiger partial charge >= 0.3 is 0 Å². The van der Waals surface area contributed by atoms with Gasteiger partial charge in [0.25, 0.3) is 5.91 Å². The van der Waals surface area contributed by atoms with Crippen molar-refractivity contribution in [2.75, 3.05) is 0 Å². The van der Waals surface area contributed by atoms with Gasteiger partial charge in [0.2, 0.25) is 0 Å². The summed E-state index contributed by atoms with van der Waals surface area (Å²) in [6.45, 7) is 3.84. The van der Waals surface area contributed by atoms with Crippen LogP contribution >= 0.6 is 0 Å². The number of aryl methyl sites for hydroxylation is 2. The number of rotatable bonds is 3. The van der Waals surface area contributed by atoms with Crippen molar-refractivity contribution in [2.24, 2.45) is 0 Å². The van der Waals surface area contributed by atoms with Gasteiger partial charge in [0.05, 0.1) is 45.7 Å². The number of amides is 1. The number of hydrogen-bond donors (Lipinski definition) is 2. The first-order chi connectivity index (χ1) is 18.1. The molecule has 6 aromatic rings. The molecule has 7 nitrogen and oxygen atoms in total. The minimum absolute atomic E-state index is 0.184. The van der Waals surface area contributed by atoms with Gasteiger partial charge in [-0.3, -0.25) is 9.78 Å². The van der Waals surface area contributed by atoms with Crippen LogP contribution in [0.25, 0.3) is 44.6 Å². The highest BCUT2D eigenvalue weighted by atomic mass is 16.1. The van der Waals surface area contributed by atoms with Gasteiger partial charge < -0.3 is 10.3 Å². The second-order valence-electron chi connectivity index (χ2n) is 9.31. The number of benzene rings is 3. The lowest BCUT2D eigenvalue weighted by molar-refractivity contribution is 0.0945. The molecule has 1 atom stereocenters. The number of H-pyrrole nitrogens is 1. The highest BCUT2D eigenvalue weighted by molar-refractivity contribution is 6.05. The standard InChI is InChI=1S/C30H22N6O/c1-16-17(2)33-28-22(11-6-12-24(28)32-16)30(37)36-27-19-8-4-3-7-18(19)26-20(27)9-5-10-21(26)29-34-23-13-14-31-15-25(23)35-29/h3-15,27H,1-2H3,(H,34,35)(H,36,37). The average molecular weight is 483 g/mol. The van der Waals surface area contributed by atoms with Crippen LogP contribution in [0.2, 0.25) is 0 Å². The molecule has 37 heavy (non-hydrogen) atoms. The summed E-state index contributed by atoms with van der Waals surface area (Å²) in [5, 5.41) is 3.29. The summed E-state index contributed by atoms with van der Waals surface area (Å²) in [6, 6.07) is 21.5. The van der Waals surface area contributed by atoms with E-state index in [4.69, 9.17) is 9.97 Å². The molecule has 1 aliphatic rings. The van der Waals surface area contributed by atoms with E-state index in [1.165, 1.54) is 0 Å². The minimum Gasteiger partial charge on any atom is -0.341 e. The Morgan fingerprint density at radius 1 is 0.811 bits per heavy atom. The number of carbonyl (C=O) groups is 1. The predicted octanol–water partition coefficient (Wildman–Crippen LogP) is 5.68. The van der Waals surface area contributed by atoms with Crippen molar-refractivity contribution < 1.29 is 4.79 Å². The number of fused-ring (bicyclic) bond motifs is 5. The number of carbonyl (C=O) groups excluding carboxylic acids is 1. The predicted molar refractivity (Wildman–Crippen MR) is 143 cm³/mol. The van der Waals surface area contributed by atoms with Gasteiger partial charge in [0, 0.05) is 11.8 Å². The fourth-order valence-electron chi connectivity index (χ4n) is 5.23. The molecule has 0 radical (unpaired) electrons. The third-order valence-corrected chi connectivity index (χ3v) is 7.11. The van der Waals surface area contributed by atoms with E-state index in [0.717, 1.165) is 56.1 Å². The van der Waals surface area contributed by atoms with Gasteiger partial charge in [0.15, 0.2) is 0 Å². The van der Waals surface area contributed by atoms with E-state index < -0.39 is 0 Å². The highest BCUT2D eigenvalue weighted by Gasteiger charge is 2.32. The molecule has 0 spiro atoms. The number of pyridine rings is 1. The van der Waals surface area contributed by atoms with E-state index in [0.29, 0.717) is 16.6 Å². The molecule has 0 fully saturated rings. The first kappa shape index (κ1) is 21.4. The monoisotopic (exact) mass is 482 g/mol. The average Bonchev–Trinajstić information content (AvgIpc) is 3.49. The largest absolute Gasteiger partial charge is 0.341 e. The maximum Gasteiger partial charge on any atom is 0.254 e. The van der Waals surface area contributed by atoms with Crippen LogP contribution in [0.3, 0.4) is 0 Å². The number of aromatic amines is 1. The minimum atomic E-state index is -0.306. The second kappa shape index (κ2) is 8.06. The van der Waals surface area contributed by atoms with Crippen molar-refractivity contribution >= 4 is 28.0 Å². The van der Waals surface area contributed by atoms with Gasteiger partial charge in [0.1, 0.15) is 11.3 Å². The molecule has 7 heteroatoms. The SMILES string of the molecule is Cc1nc2cccc(C(=O)NC3c4ccccc4-c4c(-c5nc6ccncc6[nH]5)cccc43)c2nc1C. The van der Waals surface area contributed by atoms with Crippen LogP contribution in [0.15, 0.2) is 79.1 Å². The van der Waals surface area contributed by atoms with Crippen molar-refractivity contribution in [3.8, 4) is 22.5 Å². The molecule has 3 heterocycles. The van der Waals surface area contributed by atoms with E-state index in [2.05, 4.69) is 44.5 Å². The molecule has 178 valence electrons. The summed E-state index contributed by atoms with van der Waals surface area (Å²) >= 11 is 0. The van der Waals surface area contributed by atoms with Crippen molar-refractivity contribution in [1.29, 1.82) is 0 Å². The third kappa shape index (κ3) is 3.31. The van der Waals surface area contributed by atoms with Gasteiger partial charge in [-0.05, 0) is 54.3 Å². The second-order valence-corrected chi connectivity index (χ2v) is 9.31. The molecule has 3 aromatic heterocycles. The van der Waals surface area contributed by atoms with E-state index >= 15 is 0 Å². The topological polar surface area (TPSA) is 96.5 Å². The molecule has 7 rings (SSSR count). The lowest BCUT2D eigenvalue weighted by Crippen LogP contribution is -2.28. The van der Waals surface area contributed by atoms with Crippen LogP contribution in [0.4, 0.5) is 0 Å². The van der Waals surface area contributed by atoms with E-state index in [9.17, 15) is 4.79 Å². The van der Waals surface area contributed by atoms with E-state index in [1.807, 2.05) is 56.3 Å². The number of nitrogens with one attached hydrogen (secondary N) is 2. The van der Waals surface area contributed by atoms with Crippen LogP contribution in [0.5, 0.6) is 0 Å². The molecule has 0 saturated heterocycles. The molecule has 3 aromatic carbocycles. The zero-order valence-corrected chi connectivity index (χ0v) is 20.3. The summed E-state index contributed by atoms with van der Waals surface area (Å²) in [5.74, 6) is 0.591. The molecule has 1 amide bonds. The number of hydrogen-bond acceptors (Lipinski definition) is 5. The molecular weight excluding hydrogens is 460 g/mol. The Labute approximate surface area is 212 Å². The number of imidazole rings is 1. The first-order valence-corrected chi connectivity index (χ1v) is 12.2. The summed E-state index contributed by atoms with van der Waals surface area (Å²) in [5.41, 5.74) is 10.5. The molecule has 1 unspecified atom stereocenters. The Balaban J connectivity index is 1.35. The van der Waals surface area contributed by atoms with Crippen molar-refractivity contribution in [2.45, 2.75) is 19.9 Å². The Bertz CT molecular complexity index is 1840. The van der Waals surface area contributed by atoms with E-state index in [1.54, 1.807) is 12.4 Å². The zero-order valence-electron chi connectivity index (χ0n) is 20.3. The van der Waals surface area contributed by atoms with Gasteiger partial charge in [-0.1, -0.05) is 48.5 Å². The summed E-state index contributed by atoms with van der Waals surface area (Å²) in [7, 11) is 0. The molecular formula is C30H22N6O. The maximum absolute atomic E-state index is 13.7. The van der Waals surface area contributed by atoms with Crippen LogP contribution in [-0.2, 0) is 0 Å². The fraction of sp³-hybridized carbons (Fsp3) is 0.100. The smallest absolute Gasteiger partial charge is 0.254 e. The summed E-state index contributed by atoms with van der Waals surface area (Å²) < 4.78 is 0. The molecule has 0 aliphatic heterocycles. The van der Waals surface area contributed by atoms with Crippen LogP contribution in [0, 0.1) is 13.8 Å². The lowest BCUT2D eigenvalue weighted by atomic mass is 9.98. The first-order valence-electron chi connectivity index (χ1n) is 12.2. The number of para-hydroxylation sites is 1. The van der Waals surface area contributed by atoms with Gasteiger partial charge in [-0.2, -0.15) is 0 Å². The van der Waals surface area contributed by atoms with Crippen LogP contribution < -0.4 is 5.32 Å². The van der Waals surface area contributed by atoms with Crippen molar-refractivity contribution in [1.82, 2.24) is 30.2 Å². The molecule has 0 saturated carbocycles. The summed E-state index contributed by atoms with van der Waals surface area (Å²) in [6.07, 6.45) is 3.52. The summed E-state index contributed by atoms with van der Waals surface area (Å²) in [4.78, 5) is 35.5. The number of aromatic nitrogens is 5. The Morgan fingerprint density at radius 2 is 1.59 bits per heavy atom. The quantitative estimate of drug-likeness (QED) is 0.338. The molecule has 1 aliphatic carbocycles. The Morgan fingerprint density at radius 3 is 2.49 bits per heavy atom. The van der Waals surface area contributed by atoms with Crippen molar-refractivity contribution in [3.05, 3.63) is 107 Å². The Hall–Kier alpha value is -4.91. The van der Waals surface area contributed by atoms with Gasteiger partial charge in [-0.15, -0.1) is 0 Å². The van der Waals surface area contributed by atoms with Crippen molar-refractivity contribution in [3.63, 3.8) is 0 Å².